The number of benzene rings is 1. The van der Waals surface area contributed by atoms with Gasteiger partial charge in [0.15, 0.2) is 0 Å². The zero-order valence-electron chi connectivity index (χ0n) is 11.4. The Morgan fingerprint density at radius 3 is 2.79 bits per heavy atom. The third-order valence-electron chi connectivity index (χ3n) is 3.38. The lowest BCUT2D eigenvalue weighted by Crippen LogP contribution is -2.29. The first-order valence-electron chi connectivity index (χ1n) is 6.83. The molecule has 1 aliphatic heterocycles. The van der Waals surface area contributed by atoms with Gasteiger partial charge in [-0.25, -0.2) is 0 Å². The van der Waals surface area contributed by atoms with Gasteiger partial charge in [-0.3, -0.25) is 4.79 Å². The van der Waals surface area contributed by atoms with Crippen molar-refractivity contribution < 1.29 is 9.53 Å². The molecule has 0 spiro atoms. The van der Waals surface area contributed by atoms with Crippen LogP contribution in [0.1, 0.15) is 36.0 Å². The molecule has 1 heterocycles. The van der Waals surface area contributed by atoms with Crippen molar-refractivity contribution in [2.45, 2.75) is 36.7 Å². The Labute approximate surface area is 119 Å². The number of hydrogen-bond acceptors (Lipinski definition) is 3. The van der Waals surface area contributed by atoms with Crippen LogP contribution in [0.15, 0.2) is 29.2 Å². The van der Waals surface area contributed by atoms with E-state index in [9.17, 15) is 4.79 Å². The molecule has 1 aromatic carbocycles. The van der Waals surface area contributed by atoms with Crippen LogP contribution in [0.4, 0.5) is 0 Å². The Hall–Kier alpha value is -1.00. The number of thioether (sulfide) groups is 1. The van der Waals surface area contributed by atoms with E-state index in [1.54, 1.807) is 11.8 Å². The number of carbonyl (C=O) groups is 1. The Morgan fingerprint density at radius 1 is 1.37 bits per heavy atom. The smallest absolute Gasteiger partial charge is 0.251 e. The van der Waals surface area contributed by atoms with Gasteiger partial charge in [0.25, 0.3) is 5.91 Å². The van der Waals surface area contributed by atoms with E-state index in [4.69, 9.17) is 4.74 Å². The van der Waals surface area contributed by atoms with Crippen LogP contribution < -0.4 is 5.32 Å². The molecule has 1 saturated heterocycles. The maximum Gasteiger partial charge on any atom is 0.251 e. The van der Waals surface area contributed by atoms with Crippen LogP contribution in [-0.2, 0) is 4.74 Å². The molecule has 0 unspecified atom stereocenters. The van der Waals surface area contributed by atoms with Crippen LogP contribution in [0.2, 0.25) is 0 Å². The molecule has 1 atom stereocenters. The largest absolute Gasteiger partial charge is 0.378 e. The summed E-state index contributed by atoms with van der Waals surface area (Å²) in [5.74, 6) is 0.00321. The molecule has 0 saturated carbocycles. The van der Waals surface area contributed by atoms with E-state index in [1.165, 1.54) is 17.7 Å². The summed E-state index contributed by atoms with van der Waals surface area (Å²) in [6.45, 7) is 1.56. The third kappa shape index (κ3) is 4.55. The first kappa shape index (κ1) is 14.4. The molecule has 0 radical (unpaired) electrons. The van der Waals surface area contributed by atoms with Crippen LogP contribution in [0.5, 0.6) is 0 Å². The van der Waals surface area contributed by atoms with Crippen molar-refractivity contribution in [1.29, 1.82) is 0 Å². The van der Waals surface area contributed by atoms with Gasteiger partial charge in [-0.05, 0) is 56.2 Å². The fraction of sp³-hybridized carbons (Fsp3) is 0.533. The maximum absolute atomic E-state index is 11.9. The van der Waals surface area contributed by atoms with Crippen molar-refractivity contribution in [1.82, 2.24) is 5.32 Å². The van der Waals surface area contributed by atoms with E-state index in [0.29, 0.717) is 12.6 Å². The molecule has 1 N–H and O–H groups in total. The molecule has 4 heteroatoms. The minimum Gasteiger partial charge on any atom is -0.378 e. The number of amides is 1. The molecular formula is C15H21NO2S. The van der Waals surface area contributed by atoms with E-state index in [1.807, 2.05) is 30.5 Å². The Bertz CT molecular complexity index is 399. The van der Waals surface area contributed by atoms with Gasteiger partial charge in [0, 0.05) is 23.6 Å². The molecule has 1 fully saturated rings. The van der Waals surface area contributed by atoms with Gasteiger partial charge in [-0.2, -0.15) is 0 Å². The average molecular weight is 279 g/mol. The number of carbonyl (C=O) groups excluding carboxylic acids is 1. The summed E-state index contributed by atoms with van der Waals surface area (Å²) in [7, 11) is 0. The highest BCUT2D eigenvalue weighted by atomic mass is 32.2. The molecule has 0 aliphatic carbocycles. The molecule has 3 nitrogen and oxygen atoms in total. The van der Waals surface area contributed by atoms with Gasteiger partial charge in [0.1, 0.15) is 0 Å². The van der Waals surface area contributed by atoms with Crippen molar-refractivity contribution in [3.05, 3.63) is 29.8 Å². The van der Waals surface area contributed by atoms with Crippen LogP contribution in [0, 0.1) is 0 Å². The quantitative estimate of drug-likeness (QED) is 0.842. The Kier molecular flexibility index (Phi) is 5.73. The normalized spacial score (nSPS) is 19.1. The Morgan fingerprint density at radius 2 is 2.16 bits per heavy atom. The van der Waals surface area contributed by atoms with Crippen LogP contribution in [0.3, 0.4) is 0 Å². The number of hydrogen-bond donors (Lipinski definition) is 1. The zero-order chi connectivity index (χ0) is 13.5. The number of ether oxygens (including phenoxy) is 1. The Balaban J connectivity index is 1.73. The van der Waals surface area contributed by atoms with Crippen molar-refractivity contribution in [2.24, 2.45) is 0 Å². The highest BCUT2D eigenvalue weighted by molar-refractivity contribution is 7.98. The summed E-state index contributed by atoms with van der Waals surface area (Å²) < 4.78 is 5.64. The van der Waals surface area contributed by atoms with Crippen molar-refractivity contribution in [3.63, 3.8) is 0 Å². The average Bonchev–Trinajstić information content (AvgIpc) is 2.48. The standard InChI is InChI=1S/C15H21NO2S/c1-19-14-7-5-12(6-8-14)15(17)16-10-9-13-4-2-3-11-18-13/h5-8,13H,2-4,9-11H2,1H3,(H,16,17)/t13-/m0/s1. The second-order valence-electron chi connectivity index (χ2n) is 4.76. The predicted octanol–water partition coefficient (Wildman–Crippen LogP) is 3.10. The molecule has 1 aliphatic rings. The summed E-state index contributed by atoms with van der Waals surface area (Å²) in [5, 5.41) is 2.96. The molecule has 0 aromatic heterocycles. The lowest BCUT2D eigenvalue weighted by atomic mass is 10.1. The molecule has 0 bridgehead atoms. The first-order chi connectivity index (χ1) is 9.29. The first-order valence-corrected chi connectivity index (χ1v) is 8.06. The second kappa shape index (κ2) is 7.56. The van der Waals surface area contributed by atoms with Crippen molar-refractivity contribution >= 4 is 17.7 Å². The second-order valence-corrected chi connectivity index (χ2v) is 5.64. The lowest BCUT2D eigenvalue weighted by Gasteiger charge is -2.22. The van der Waals surface area contributed by atoms with Crippen LogP contribution in [-0.4, -0.2) is 31.4 Å². The fourth-order valence-electron chi connectivity index (χ4n) is 2.23. The zero-order valence-corrected chi connectivity index (χ0v) is 12.2. The fourth-order valence-corrected chi connectivity index (χ4v) is 2.63. The molecule has 1 aromatic rings. The van der Waals surface area contributed by atoms with E-state index in [2.05, 4.69) is 5.32 Å². The van der Waals surface area contributed by atoms with E-state index < -0.39 is 0 Å². The molecule has 19 heavy (non-hydrogen) atoms. The van der Waals surface area contributed by atoms with Gasteiger partial charge in [0.05, 0.1) is 6.10 Å². The summed E-state index contributed by atoms with van der Waals surface area (Å²) >= 11 is 1.68. The van der Waals surface area contributed by atoms with Gasteiger partial charge in [-0.1, -0.05) is 0 Å². The van der Waals surface area contributed by atoms with Crippen molar-refractivity contribution in [3.8, 4) is 0 Å². The monoisotopic (exact) mass is 279 g/mol. The van der Waals surface area contributed by atoms with Crippen LogP contribution in [0.25, 0.3) is 0 Å². The highest BCUT2D eigenvalue weighted by Gasteiger charge is 2.13. The minimum absolute atomic E-state index is 0.00321. The van der Waals surface area contributed by atoms with E-state index in [-0.39, 0.29) is 5.91 Å². The van der Waals surface area contributed by atoms with Crippen molar-refractivity contribution in [2.75, 3.05) is 19.4 Å². The van der Waals surface area contributed by atoms with Crippen LogP contribution >= 0.6 is 11.8 Å². The molecule has 1 amide bonds. The van der Waals surface area contributed by atoms with Gasteiger partial charge < -0.3 is 10.1 Å². The van der Waals surface area contributed by atoms with E-state index >= 15 is 0 Å². The highest BCUT2D eigenvalue weighted by Crippen LogP contribution is 2.16. The summed E-state index contributed by atoms with van der Waals surface area (Å²) in [4.78, 5) is 13.1. The predicted molar refractivity (Wildman–Crippen MR) is 78.8 cm³/mol. The lowest BCUT2D eigenvalue weighted by molar-refractivity contribution is 0.0117. The van der Waals surface area contributed by atoms with E-state index in [0.717, 1.165) is 25.0 Å². The molecular weight excluding hydrogens is 258 g/mol. The minimum atomic E-state index is 0.00321. The summed E-state index contributed by atoms with van der Waals surface area (Å²) in [6, 6.07) is 7.70. The topological polar surface area (TPSA) is 38.3 Å². The third-order valence-corrected chi connectivity index (χ3v) is 4.12. The summed E-state index contributed by atoms with van der Waals surface area (Å²) in [6.07, 6.45) is 6.80. The van der Waals surface area contributed by atoms with Gasteiger partial charge in [0.2, 0.25) is 0 Å². The summed E-state index contributed by atoms with van der Waals surface area (Å²) in [5.41, 5.74) is 0.724. The van der Waals surface area contributed by atoms with Gasteiger partial charge >= 0.3 is 0 Å². The molecule has 104 valence electrons. The molecule has 2 rings (SSSR count). The number of rotatable bonds is 5. The SMILES string of the molecule is CSc1ccc(C(=O)NCC[C@@H]2CCCCO2)cc1. The van der Waals surface area contributed by atoms with Gasteiger partial charge in [-0.15, -0.1) is 11.8 Å². The maximum atomic E-state index is 11.9. The number of nitrogens with one attached hydrogen (secondary N) is 1.